The quantitative estimate of drug-likeness (QED) is 0.784. The number of aromatic nitrogens is 2. The van der Waals surface area contributed by atoms with Crippen LogP contribution in [0.4, 0.5) is 0 Å². The highest BCUT2D eigenvalue weighted by molar-refractivity contribution is 7.91. The molecule has 1 atom stereocenters. The van der Waals surface area contributed by atoms with E-state index in [2.05, 4.69) is 9.55 Å². The molecule has 4 nitrogen and oxygen atoms in total. The third kappa shape index (κ3) is 1.99. The van der Waals surface area contributed by atoms with Crippen molar-refractivity contribution in [1.29, 1.82) is 0 Å². The highest BCUT2D eigenvalue weighted by atomic mass is 35.5. The fourth-order valence-electron chi connectivity index (χ4n) is 2.84. The third-order valence-corrected chi connectivity index (χ3v) is 5.77. The van der Waals surface area contributed by atoms with Gasteiger partial charge in [0.05, 0.1) is 17.2 Å². The Morgan fingerprint density at radius 1 is 1.35 bits per heavy atom. The molecular formula is C11H15ClN2O2S. The van der Waals surface area contributed by atoms with Crippen LogP contribution in [0.5, 0.6) is 0 Å². The van der Waals surface area contributed by atoms with Crippen LogP contribution in [-0.2, 0) is 22.8 Å². The lowest BCUT2D eigenvalue weighted by molar-refractivity contribution is 0.499. The predicted molar refractivity (Wildman–Crippen MR) is 66.2 cm³/mol. The molecule has 1 unspecified atom stereocenters. The van der Waals surface area contributed by atoms with E-state index in [1.54, 1.807) is 0 Å². The molecule has 1 aromatic rings. The average molecular weight is 275 g/mol. The molecule has 2 aliphatic rings. The summed E-state index contributed by atoms with van der Waals surface area (Å²) in [5.74, 6) is 1.46. The van der Waals surface area contributed by atoms with E-state index in [0.29, 0.717) is 11.6 Å². The molecule has 1 saturated heterocycles. The molecule has 0 radical (unpaired) electrons. The van der Waals surface area contributed by atoms with Crippen molar-refractivity contribution in [2.24, 2.45) is 0 Å². The Hall–Kier alpha value is -0.550. The van der Waals surface area contributed by atoms with Gasteiger partial charge in [-0.3, -0.25) is 0 Å². The molecule has 0 aromatic carbocycles. The summed E-state index contributed by atoms with van der Waals surface area (Å²) in [4.78, 5) is 4.40. The molecule has 94 valence electrons. The van der Waals surface area contributed by atoms with E-state index in [1.807, 2.05) is 0 Å². The topological polar surface area (TPSA) is 52.0 Å². The van der Waals surface area contributed by atoms with Crippen LogP contribution >= 0.6 is 11.6 Å². The molecule has 17 heavy (non-hydrogen) atoms. The summed E-state index contributed by atoms with van der Waals surface area (Å²) in [5.41, 5.74) is 1.09. The van der Waals surface area contributed by atoms with Crippen LogP contribution in [0, 0.1) is 0 Å². The lowest BCUT2D eigenvalue weighted by Gasteiger charge is -2.18. The van der Waals surface area contributed by atoms with Gasteiger partial charge in [0.15, 0.2) is 15.0 Å². The number of halogens is 1. The predicted octanol–water partition coefficient (Wildman–Crippen LogP) is 1.77. The minimum Gasteiger partial charge on any atom is -0.330 e. The van der Waals surface area contributed by atoms with Gasteiger partial charge in [0.2, 0.25) is 0 Å². The van der Waals surface area contributed by atoms with Crippen molar-refractivity contribution >= 4 is 21.4 Å². The molecule has 2 aliphatic heterocycles. The van der Waals surface area contributed by atoms with Crippen LogP contribution in [0.1, 0.15) is 36.7 Å². The van der Waals surface area contributed by atoms with Crippen molar-refractivity contribution in [3.8, 4) is 0 Å². The Morgan fingerprint density at radius 2 is 2.18 bits per heavy atom. The fourth-order valence-corrected chi connectivity index (χ4v) is 4.86. The normalized spacial score (nSPS) is 27.0. The number of hydrogen-bond donors (Lipinski definition) is 0. The maximum absolute atomic E-state index is 11.5. The number of hydrogen-bond acceptors (Lipinski definition) is 3. The van der Waals surface area contributed by atoms with Gasteiger partial charge in [0, 0.05) is 12.5 Å². The number of sulfone groups is 1. The van der Waals surface area contributed by atoms with Crippen molar-refractivity contribution in [1.82, 2.24) is 9.55 Å². The van der Waals surface area contributed by atoms with Crippen LogP contribution in [0.25, 0.3) is 0 Å². The molecule has 3 rings (SSSR count). The van der Waals surface area contributed by atoms with E-state index in [1.165, 1.54) is 0 Å². The second-order valence-corrected chi connectivity index (χ2v) is 7.50. The van der Waals surface area contributed by atoms with Crippen molar-refractivity contribution in [3.63, 3.8) is 0 Å². The zero-order chi connectivity index (χ0) is 12.0. The molecule has 0 aliphatic carbocycles. The Kier molecular flexibility index (Phi) is 2.70. The molecule has 0 spiro atoms. The first-order valence-corrected chi connectivity index (χ1v) is 8.22. The van der Waals surface area contributed by atoms with Crippen LogP contribution in [-0.4, -0.2) is 29.5 Å². The Balaban J connectivity index is 1.99. The fraction of sp³-hybridized carbons (Fsp3) is 0.727. The lowest BCUT2D eigenvalue weighted by Crippen LogP contribution is -2.16. The summed E-state index contributed by atoms with van der Waals surface area (Å²) in [6.45, 7) is 0.931. The van der Waals surface area contributed by atoms with Gasteiger partial charge in [0.1, 0.15) is 5.82 Å². The minimum atomic E-state index is -2.86. The lowest BCUT2D eigenvalue weighted by atomic mass is 10.1. The highest BCUT2D eigenvalue weighted by Gasteiger charge is 2.33. The van der Waals surface area contributed by atoms with Gasteiger partial charge in [-0.05, 0) is 25.7 Å². The summed E-state index contributed by atoms with van der Waals surface area (Å²) in [5, 5.41) is 0.573. The van der Waals surface area contributed by atoms with Gasteiger partial charge in [-0.25, -0.2) is 13.4 Å². The Bertz CT molecular complexity index is 550. The number of imidazole rings is 1. The SMILES string of the molecule is O=S1(=O)CCC(c2nc(Cl)c3n2CCCC3)C1. The summed E-state index contributed by atoms with van der Waals surface area (Å²) in [7, 11) is -2.86. The van der Waals surface area contributed by atoms with E-state index in [0.717, 1.165) is 37.3 Å². The maximum Gasteiger partial charge on any atom is 0.151 e. The zero-order valence-corrected chi connectivity index (χ0v) is 11.1. The Morgan fingerprint density at radius 3 is 2.88 bits per heavy atom. The first kappa shape index (κ1) is 11.5. The van der Waals surface area contributed by atoms with Gasteiger partial charge >= 0.3 is 0 Å². The van der Waals surface area contributed by atoms with Crippen molar-refractivity contribution in [2.75, 3.05) is 11.5 Å². The second-order valence-electron chi connectivity index (χ2n) is 4.92. The molecule has 3 heterocycles. The Labute approximate surface area is 106 Å². The number of nitrogens with zero attached hydrogens (tertiary/aromatic N) is 2. The summed E-state index contributed by atoms with van der Waals surface area (Å²) < 4.78 is 25.2. The van der Waals surface area contributed by atoms with Crippen LogP contribution < -0.4 is 0 Å². The minimum absolute atomic E-state index is 0.0457. The van der Waals surface area contributed by atoms with E-state index in [-0.39, 0.29) is 17.4 Å². The number of rotatable bonds is 1. The summed E-state index contributed by atoms with van der Waals surface area (Å²) >= 11 is 6.13. The van der Waals surface area contributed by atoms with Gasteiger partial charge in [0.25, 0.3) is 0 Å². The smallest absolute Gasteiger partial charge is 0.151 e. The first-order valence-electron chi connectivity index (χ1n) is 6.02. The summed E-state index contributed by atoms with van der Waals surface area (Å²) in [6, 6.07) is 0. The van der Waals surface area contributed by atoms with Crippen LogP contribution in [0.3, 0.4) is 0 Å². The van der Waals surface area contributed by atoms with Gasteiger partial charge < -0.3 is 4.57 Å². The van der Waals surface area contributed by atoms with Gasteiger partial charge in [-0.1, -0.05) is 11.6 Å². The monoisotopic (exact) mass is 274 g/mol. The van der Waals surface area contributed by atoms with Crippen molar-refractivity contribution in [2.45, 2.75) is 38.1 Å². The molecule has 0 amide bonds. The highest BCUT2D eigenvalue weighted by Crippen LogP contribution is 2.33. The molecule has 0 N–H and O–H groups in total. The average Bonchev–Trinajstić information content (AvgIpc) is 2.81. The largest absolute Gasteiger partial charge is 0.330 e. The third-order valence-electron chi connectivity index (χ3n) is 3.70. The second kappa shape index (κ2) is 3.99. The molecular weight excluding hydrogens is 260 g/mol. The van der Waals surface area contributed by atoms with E-state index in [4.69, 9.17) is 11.6 Å². The van der Waals surface area contributed by atoms with Gasteiger partial charge in [-0.15, -0.1) is 0 Å². The van der Waals surface area contributed by atoms with E-state index >= 15 is 0 Å². The molecule has 6 heteroatoms. The number of fused-ring (bicyclic) bond motifs is 1. The van der Waals surface area contributed by atoms with Crippen molar-refractivity contribution in [3.05, 3.63) is 16.7 Å². The van der Waals surface area contributed by atoms with Gasteiger partial charge in [-0.2, -0.15) is 0 Å². The van der Waals surface area contributed by atoms with Crippen molar-refractivity contribution < 1.29 is 8.42 Å². The zero-order valence-electron chi connectivity index (χ0n) is 9.52. The standard InChI is InChI=1S/C11H15ClN2O2S/c12-10-9-3-1-2-5-14(9)11(13-10)8-4-6-17(15,16)7-8/h8H,1-7H2. The molecule has 1 aromatic heterocycles. The first-order chi connectivity index (χ1) is 8.07. The molecule has 0 saturated carbocycles. The molecule has 1 fully saturated rings. The van der Waals surface area contributed by atoms with Crippen LogP contribution in [0.15, 0.2) is 0 Å². The van der Waals surface area contributed by atoms with E-state index in [9.17, 15) is 8.42 Å². The van der Waals surface area contributed by atoms with E-state index < -0.39 is 9.84 Å². The van der Waals surface area contributed by atoms with Crippen LogP contribution in [0.2, 0.25) is 5.15 Å². The maximum atomic E-state index is 11.5. The summed E-state index contributed by atoms with van der Waals surface area (Å²) in [6.07, 6.45) is 3.93. The molecule has 0 bridgehead atoms.